The number of aliphatic hydroxyl groups is 1. The molecule has 0 saturated carbocycles. The predicted molar refractivity (Wildman–Crippen MR) is 126 cm³/mol. The fraction of sp³-hybridized carbons (Fsp3) is 0.308. The first-order valence-electron chi connectivity index (χ1n) is 10.3. The third-order valence-electron chi connectivity index (χ3n) is 5.10. The van der Waals surface area contributed by atoms with Gasteiger partial charge in [-0.15, -0.1) is 0 Å². The number of rotatable bonds is 8. The number of ether oxygens (including phenoxy) is 1. The van der Waals surface area contributed by atoms with Crippen LogP contribution in [0.1, 0.15) is 18.5 Å². The van der Waals surface area contributed by atoms with Gasteiger partial charge in [0.2, 0.25) is 0 Å². The third-order valence-corrected chi connectivity index (χ3v) is 5.10. The monoisotopic (exact) mass is 406 g/mol. The molecule has 30 heavy (non-hydrogen) atoms. The van der Waals surface area contributed by atoms with E-state index in [2.05, 4.69) is 65.5 Å². The maximum atomic E-state index is 10.6. The van der Waals surface area contributed by atoms with Gasteiger partial charge in [0.1, 0.15) is 5.76 Å². The van der Waals surface area contributed by atoms with Crippen molar-refractivity contribution in [2.45, 2.75) is 25.1 Å². The van der Waals surface area contributed by atoms with Gasteiger partial charge in [-0.2, -0.15) is 0 Å². The zero-order valence-corrected chi connectivity index (χ0v) is 18.2. The largest absolute Gasteiger partial charge is 0.497 e. The second-order valence-corrected chi connectivity index (χ2v) is 7.11. The summed E-state index contributed by atoms with van der Waals surface area (Å²) >= 11 is 0. The molecule has 0 bridgehead atoms. The molecule has 0 aromatic heterocycles. The number of likely N-dealkylation sites (N-methyl/N-ethyl adjacent to an activating group) is 1. The number of allylic oxidation sites excluding steroid dienone is 6. The van der Waals surface area contributed by atoms with Gasteiger partial charge < -0.3 is 20.1 Å². The standard InChI is InChI=1S/C18H22N2O.C8H12O/c1-19-13-17(21)18(15-8-3-2-4-9-15)20-12-11-14-7-5-6-10-16(14)20;1-4-6-7-8(5-2)9-3/h2-12,14,16-19,21H,13H2,1H3;4-7H,2H2,1,3H3/b;6-4-,8-7+. The Morgan fingerprint density at radius 1 is 1.23 bits per heavy atom. The van der Waals surface area contributed by atoms with Crippen LogP contribution in [0.15, 0.2) is 104 Å². The van der Waals surface area contributed by atoms with Gasteiger partial charge in [0.05, 0.1) is 25.3 Å². The Balaban J connectivity index is 0.000000303. The van der Waals surface area contributed by atoms with Gasteiger partial charge >= 0.3 is 0 Å². The van der Waals surface area contributed by atoms with Gasteiger partial charge in [-0.3, -0.25) is 0 Å². The second-order valence-electron chi connectivity index (χ2n) is 7.11. The SMILES string of the molecule is C=C/C(=C\C=C/C)OC.CNCC(O)C(c1ccccc1)N1C=CC2C=CC=CC21. The molecule has 4 atom stereocenters. The number of fused-ring (bicyclic) bond motifs is 1. The molecule has 1 aliphatic carbocycles. The lowest BCUT2D eigenvalue weighted by Gasteiger charge is -2.38. The van der Waals surface area contributed by atoms with Crippen LogP contribution >= 0.6 is 0 Å². The summed E-state index contributed by atoms with van der Waals surface area (Å²) in [5, 5.41) is 13.7. The van der Waals surface area contributed by atoms with E-state index in [0.717, 1.165) is 11.3 Å². The average Bonchev–Trinajstić information content (AvgIpc) is 3.20. The van der Waals surface area contributed by atoms with E-state index in [4.69, 9.17) is 4.74 Å². The zero-order valence-electron chi connectivity index (χ0n) is 18.2. The van der Waals surface area contributed by atoms with E-state index in [-0.39, 0.29) is 6.04 Å². The Hall–Kier alpha value is -2.82. The number of nitrogens with one attached hydrogen (secondary N) is 1. The van der Waals surface area contributed by atoms with Gasteiger partial charge in [0.15, 0.2) is 0 Å². The van der Waals surface area contributed by atoms with Crippen LogP contribution in [-0.4, -0.2) is 42.9 Å². The van der Waals surface area contributed by atoms with E-state index in [0.29, 0.717) is 18.5 Å². The van der Waals surface area contributed by atoms with Crippen molar-refractivity contribution in [3.63, 3.8) is 0 Å². The minimum atomic E-state index is -0.458. The molecule has 0 radical (unpaired) electrons. The van der Waals surface area contributed by atoms with Crippen molar-refractivity contribution in [3.8, 4) is 0 Å². The van der Waals surface area contributed by atoms with E-state index in [1.54, 1.807) is 13.2 Å². The number of methoxy groups -OCH3 is 1. The maximum absolute atomic E-state index is 10.6. The van der Waals surface area contributed by atoms with Crippen LogP contribution in [0, 0.1) is 5.92 Å². The Labute approximate surface area is 181 Å². The van der Waals surface area contributed by atoms with Crippen LogP contribution in [-0.2, 0) is 4.74 Å². The Kier molecular flexibility index (Phi) is 9.92. The van der Waals surface area contributed by atoms with Crippen molar-refractivity contribution in [2.75, 3.05) is 20.7 Å². The summed E-state index contributed by atoms with van der Waals surface area (Å²) in [4.78, 5) is 2.28. The molecule has 4 nitrogen and oxygen atoms in total. The van der Waals surface area contributed by atoms with Crippen LogP contribution < -0.4 is 5.32 Å². The highest BCUT2D eigenvalue weighted by Gasteiger charge is 2.35. The second kappa shape index (κ2) is 12.7. The van der Waals surface area contributed by atoms with Crippen LogP contribution in [0.25, 0.3) is 0 Å². The number of hydrogen-bond acceptors (Lipinski definition) is 4. The molecule has 4 unspecified atom stereocenters. The summed E-state index contributed by atoms with van der Waals surface area (Å²) in [6.07, 6.45) is 19.9. The third kappa shape index (κ3) is 6.34. The number of benzene rings is 1. The van der Waals surface area contributed by atoms with Crippen molar-refractivity contribution in [3.05, 3.63) is 109 Å². The van der Waals surface area contributed by atoms with E-state index < -0.39 is 6.10 Å². The molecule has 0 spiro atoms. The molecule has 0 amide bonds. The molecule has 1 aromatic carbocycles. The molecule has 160 valence electrons. The zero-order chi connectivity index (χ0) is 21.8. The van der Waals surface area contributed by atoms with Crippen LogP contribution in [0.2, 0.25) is 0 Å². The van der Waals surface area contributed by atoms with Crippen molar-refractivity contribution in [1.29, 1.82) is 0 Å². The molecule has 1 aliphatic heterocycles. The average molecular weight is 407 g/mol. The lowest BCUT2D eigenvalue weighted by atomic mass is 9.93. The van der Waals surface area contributed by atoms with Crippen LogP contribution in [0.5, 0.6) is 0 Å². The first-order valence-corrected chi connectivity index (χ1v) is 10.3. The Bertz CT molecular complexity index is 793. The highest BCUT2D eigenvalue weighted by Crippen LogP contribution is 2.35. The van der Waals surface area contributed by atoms with E-state index in [9.17, 15) is 5.11 Å². The predicted octanol–water partition coefficient (Wildman–Crippen LogP) is 4.53. The lowest BCUT2D eigenvalue weighted by molar-refractivity contribution is 0.0642. The molecule has 3 rings (SSSR count). The molecule has 0 saturated heterocycles. The Morgan fingerprint density at radius 3 is 2.60 bits per heavy atom. The fourth-order valence-corrected chi connectivity index (χ4v) is 3.64. The van der Waals surface area contributed by atoms with Gasteiger partial charge in [-0.1, -0.05) is 79.4 Å². The summed E-state index contributed by atoms with van der Waals surface area (Å²) in [6, 6.07) is 10.5. The summed E-state index contributed by atoms with van der Waals surface area (Å²) in [6.45, 7) is 6.08. The molecule has 1 heterocycles. The number of hydrogen-bond donors (Lipinski definition) is 2. The van der Waals surface area contributed by atoms with Crippen LogP contribution in [0.4, 0.5) is 0 Å². The highest BCUT2D eigenvalue weighted by atomic mass is 16.5. The molecule has 1 aromatic rings. The molecule has 0 fully saturated rings. The van der Waals surface area contributed by atoms with Crippen molar-refractivity contribution < 1.29 is 9.84 Å². The first-order chi connectivity index (χ1) is 14.7. The smallest absolute Gasteiger partial charge is 0.118 e. The topological polar surface area (TPSA) is 44.7 Å². The van der Waals surface area contributed by atoms with Gasteiger partial charge in [-0.25, -0.2) is 0 Å². The molecular formula is C26H34N2O2. The Morgan fingerprint density at radius 2 is 1.97 bits per heavy atom. The minimum absolute atomic E-state index is 0.0407. The van der Waals surface area contributed by atoms with Gasteiger partial charge in [0, 0.05) is 12.5 Å². The number of nitrogens with zero attached hydrogens (tertiary/aromatic N) is 1. The van der Waals surface area contributed by atoms with E-state index >= 15 is 0 Å². The van der Waals surface area contributed by atoms with Crippen molar-refractivity contribution in [1.82, 2.24) is 10.2 Å². The maximum Gasteiger partial charge on any atom is 0.118 e. The quantitative estimate of drug-likeness (QED) is 0.492. The normalized spacial score (nSPS) is 21.7. The first kappa shape index (κ1) is 23.5. The van der Waals surface area contributed by atoms with E-state index in [1.165, 1.54) is 0 Å². The fourth-order valence-electron chi connectivity index (χ4n) is 3.64. The van der Waals surface area contributed by atoms with Crippen LogP contribution in [0.3, 0.4) is 0 Å². The van der Waals surface area contributed by atoms with Crippen molar-refractivity contribution in [2.24, 2.45) is 5.92 Å². The highest BCUT2D eigenvalue weighted by molar-refractivity contribution is 5.30. The lowest BCUT2D eigenvalue weighted by Crippen LogP contribution is -2.42. The van der Waals surface area contributed by atoms with Crippen molar-refractivity contribution >= 4 is 0 Å². The molecular weight excluding hydrogens is 372 g/mol. The minimum Gasteiger partial charge on any atom is -0.497 e. The van der Waals surface area contributed by atoms with E-state index in [1.807, 2.05) is 50.4 Å². The van der Waals surface area contributed by atoms with Gasteiger partial charge in [0.25, 0.3) is 0 Å². The molecule has 2 aliphatic rings. The molecule has 2 N–H and O–H groups in total. The summed E-state index contributed by atoms with van der Waals surface area (Å²) in [5.41, 5.74) is 1.15. The summed E-state index contributed by atoms with van der Waals surface area (Å²) in [5.74, 6) is 1.19. The summed E-state index contributed by atoms with van der Waals surface area (Å²) in [7, 11) is 3.49. The molecule has 4 heteroatoms. The summed E-state index contributed by atoms with van der Waals surface area (Å²) < 4.78 is 4.89. The van der Waals surface area contributed by atoms with Gasteiger partial charge in [-0.05, 0) is 37.9 Å². The number of aliphatic hydroxyl groups excluding tert-OH is 1.